The van der Waals surface area contributed by atoms with E-state index in [0.717, 1.165) is 34.1 Å². The minimum atomic E-state index is -0.528. The zero-order valence-corrected chi connectivity index (χ0v) is 17.9. The molecule has 2 aromatic carbocycles. The molecule has 0 aliphatic heterocycles. The van der Waals surface area contributed by atoms with Crippen LogP contribution in [-0.2, 0) is 25.5 Å². The molecule has 0 radical (unpaired) electrons. The number of hydrogen-bond acceptors (Lipinski definition) is 7. The number of carbonyl (C=O) groups is 3. The number of methoxy groups -OCH3 is 2. The number of rotatable bonds is 9. The predicted octanol–water partition coefficient (Wildman–Crippen LogP) is 3.12. The molecule has 0 saturated heterocycles. The molecule has 0 aliphatic rings. The average Bonchev–Trinajstić information content (AvgIpc) is 2.73. The van der Waals surface area contributed by atoms with Gasteiger partial charge in [-0.1, -0.05) is 23.8 Å². The third kappa shape index (κ3) is 5.59. The van der Waals surface area contributed by atoms with E-state index in [4.69, 9.17) is 9.47 Å². The molecule has 0 bridgehead atoms. The van der Waals surface area contributed by atoms with E-state index in [-0.39, 0.29) is 13.2 Å². The first kappa shape index (κ1) is 22.9. The van der Waals surface area contributed by atoms with Crippen LogP contribution in [0.2, 0.25) is 0 Å². The molecule has 0 fully saturated rings. The number of esters is 2. The Bertz CT molecular complexity index is 947. The van der Waals surface area contributed by atoms with Crippen molar-refractivity contribution >= 4 is 18.2 Å². The van der Waals surface area contributed by atoms with Gasteiger partial charge in [0.15, 0.2) is 19.5 Å². The third-order valence-electron chi connectivity index (χ3n) is 4.73. The van der Waals surface area contributed by atoms with Gasteiger partial charge in [-0.3, -0.25) is 4.79 Å². The topological polar surface area (TPSA) is 88.1 Å². The van der Waals surface area contributed by atoms with Gasteiger partial charge in [0, 0.05) is 6.42 Å². The van der Waals surface area contributed by atoms with E-state index in [2.05, 4.69) is 9.47 Å². The summed E-state index contributed by atoms with van der Waals surface area (Å²) in [6.07, 6.45) is 1.21. The van der Waals surface area contributed by atoms with Crippen molar-refractivity contribution in [1.29, 1.82) is 0 Å². The maximum Gasteiger partial charge on any atom is 0.343 e. The summed E-state index contributed by atoms with van der Waals surface area (Å²) in [5, 5.41) is 0. The minimum absolute atomic E-state index is 0.190. The maximum absolute atomic E-state index is 11.8. The normalized spacial score (nSPS) is 10.3. The van der Waals surface area contributed by atoms with E-state index in [9.17, 15) is 14.4 Å². The van der Waals surface area contributed by atoms with Crippen LogP contribution < -0.4 is 9.47 Å². The molecule has 2 rings (SSSR count). The molecule has 7 nitrogen and oxygen atoms in total. The maximum atomic E-state index is 11.8. The van der Waals surface area contributed by atoms with Crippen molar-refractivity contribution in [2.24, 2.45) is 0 Å². The minimum Gasteiger partial charge on any atom is -0.482 e. The summed E-state index contributed by atoms with van der Waals surface area (Å²) >= 11 is 0. The highest BCUT2D eigenvalue weighted by Crippen LogP contribution is 2.32. The summed E-state index contributed by atoms with van der Waals surface area (Å²) in [6.45, 7) is 5.14. The van der Waals surface area contributed by atoms with Gasteiger partial charge in [0.1, 0.15) is 11.5 Å². The summed E-state index contributed by atoms with van der Waals surface area (Å²) < 4.78 is 20.4. The third-order valence-corrected chi connectivity index (χ3v) is 4.73. The monoisotopic (exact) mass is 414 g/mol. The Morgan fingerprint density at radius 3 is 2.13 bits per heavy atom. The molecule has 0 aliphatic carbocycles. The van der Waals surface area contributed by atoms with Crippen LogP contribution in [0.5, 0.6) is 11.5 Å². The van der Waals surface area contributed by atoms with E-state index in [1.807, 2.05) is 45.0 Å². The van der Waals surface area contributed by atoms with Gasteiger partial charge in [-0.25, -0.2) is 9.59 Å². The molecule has 160 valence electrons. The van der Waals surface area contributed by atoms with Crippen molar-refractivity contribution in [2.75, 3.05) is 27.4 Å². The van der Waals surface area contributed by atoms with Crippen LogP contribution in [-0.4, -0.2) is 45.7 Å². The molecule has 0 spiro atoms. The van der Waals surface area contributed by atoms with Gasteiger partial charge in [-0.2, -0.15) is 0 Å². The van der Waals surface area contributed by atoms with Crippen molar-refractivity contribution < 1.29 is 33.3 Å². The summed E-state index contributed by atoms with van der Waals surface area (Å²) in [5.74, 6) is -0.0613. The lowest BCUT2D eigenvalue weighted by atomic mass is 9.93. The molecule has 0 saturated carbocycles. The van der Waals surface area contributed by atoms with E-state index < -0.39 is 11.9 Å². The first-order chi connectivity index (χ1) is 14.3. The number of hydrogen-bond donors (Lipinski definition) is 0. The van der Waals surface area contributed by atoms with Gasteiger partial charge in [0.05, 0.1) is 19.8 Å². The Balaban J connectivity index is 2.38. The lowest BCUT2D eigenvalue weighted by Gasteiger charge is -2.18. The van der Waals surface area contributed by atoms with Crippen LogP contribution in [0.4, 0.5) is 0 Å². The van der Waals surface area contributed by atoms with E-state index >= 15 is 0 Å². The summed E-state index contributed by atoms with van der Waals surface area (Å²) in [6, 6.07) is 7.60. The van der Waals surface area contributed by atoms with Crippen LogP contribution in [0.25, 0.3) is 0 Å². The van der Waals surface area contributed by atoms with E-state index in [0.29, 0.717) is 23.5 Å². The van der Waals surface area contributed by atoms with Crippen LogP contribution in [0.3, 0.4) is 0 Å². The average molecular weight is 414 g/mol. The number of aldehydes is 1. The molecule has 7 heteroatoms. The molecular weight excluding hydrogens is 388 g/mol. The van der Waals surface area contributed by atoms with Gasteiger partial charge < -0.3 is 18.9 Å². The van der Waals surface area contributed by atoms with Crippen molar-refractivity contribution in [3.05, 3.63) is 57.6 Å². The fourth-order valence-corrected chi connectivity index (χ4v) is 3.09. The molecule has 0 N–H and O–H groups in total. The summed E-state index contributed by atoms with van der Waals surface area (Å²) in [4.78, 5) is 34.6. The Kier molecular flexibility index (Phi) is 7.98. The second kappa shape index (κ2) is 10.4. The highest BCUT2D eigenvalue weighted by Gasteiger charge is 2.17. The summed E-state index contributed by atoms with van der Waals surface area (Å²) in [7, 11) is 2.58. The van der Waals surface area contributed by atoms with Gasteiger partial charge in [0.2, 0.25) is 0 Å². The second-order valence-electron chi connectivity index (χ2n) is 6.86. The van der Waals surface area contributed by atoms with Crippen molar-refractivity contribution in [3.8, 4) is 11.5 Å². The van der Waals surface area contributed by atoms with Gasteiger partial charge in [0.25, 0.3) is 0 Å². The van der Waals surface area contributed by atoms with Crippen molar-refractivity contribution in [1.82, 2.24) is 0 Å². The lowest BCUT2D eigenvalue weighted by Crippen LogP contribution is -2.15. The SMILES string of the molecule is COC(=O)COc1ccc(C)cc1Cc1cc(C)c(OCC(=O)OC)c(C=O)c1C. The van der Waals surface area contributed by atoms with E-state index in [1.54, 1.807) is 0 Å². The fourth-order valence-electron chi connectivity index (χ4n) is 3.09. The Morgan fingerprint density at radius 1 is 0.900 bits per heavy atom. The fraction of sp³-hybridized carbons (Fsp3) is 0.348. The smallest absolute Gasteiger partial charge is 0.343 e. The lowest BCUT2D eigenvalue weighted by molar-refractivity contribution is -0.143. The molecule has 0 aromatic heterocycles. The first-order valence-corrected chi connectivity index (χ1v) is 9.37. The van der Waals surface area contributed by atoms with Crippen LogP contribution in [0.15, 0.2) is 24.3 Å². The number of ether oxygens (including phenoxy) is 4. The summed E-state index contributed by atoms with van der Waals surface area (Å²) in [5.41, 5.74) is 4.69. The molecule has 30 heavy (non-hydrogen) atoms. The zero-order chi connectivity index (χ0) is 22.3. The second-order valence-corrected chi connectivity index (χ2v) is 6.86. The van der Waals surface area contributed by atoms with Crippen molar-refractivity contribution in [3.63, 3.8) is 0 Å². The van der Waals surface area contributed by atoms with Crippen LogP contribution in [0.1, 0.15) is 38.2 Å². The quantitative estimate of drug-likeness (QED) is 0.460. The highest BCUT2D eigenvalue weighted by molar-refractivity contribution is 5.84. The molecule has 0 heterocycles. The Hall–Kier alpha value is -3.35. The highest BCUT2D eigenvalue weighted by atomic mass is 16.6. The van der Waals surface area contributed by atoms with Crippen molar-refractivity contribution in [2.45, 2.75) is 27.2 Å². The van der Waals surface area contributed by atoms with Crippen LogP contribution >= 0.6 is 0 Å². The first-order valence-electron chi connectivity index (χ1n) is 9.37. The standard InChI is InChI=1S/C23H26O7/c1-14-6-7-20(29-12-21(25)27-4)18(8-14)10-17-9-15(2)23(19(11-24)16(17)3)30-13-22(26)28-5/h6-9,11H,10,12-13H2,1-5H3. The zero-order valence-electron chi connectivity index (χ0n) is 17.9. The Morgan fingerprint density at radius 2 is 1.53 bits per heavy atom. The number of carbonyl (C=O) groups excluding carboxylic acids is 3. The Labute approximate surface area is 175 Å². The molecule has 0 atom stereocenters. The molecule has 0 unspecified atom stereocenters. The molecular formula is C23H26O7. The van der Waals surface area contributed by atoms with Gasteiger partial charge in [-0.05, 0) is 49.1 Å². The largest absolute Gasteiger partial charge is 0.482 e. The molecule has 0 amide bonds. The predicted molar refractivity (Wildman–Crippen MR) is 110 cm³/mol. The van der Waals surface area contributed by atoms with Gasteiger partial charge in [-0.15, -0.1) is 0 Å². The molecule has 2 aromatic rings. The van der Waals surface area contributed by atoms with Crippen LogP contribution in [0, 0.1) is 20.8 Å². The number of aryl methyl sites for hydroxylation is 2. The van der Waals surface area contributed by atoms with Gasteiger partial charge >= 0.3 is 11.9 Å². The van der Waals surface area contributed by atoms with E-state index in [1.165, 1.54) is 14.2 Å². The number of benzene rings is 2.